The summed E-state index contributed by atoms with van der Waals surface area (Å²) in [6.07, 6.45) is 2.63. The molecule has 0 aliphatic heterocycles. The van der Waals surface area contributed by atoms with E-state index in [9.17, 15) is 4.57 Å². The van der Waals surface area contributed by atoms with E-state index in [0.29, 0.717) is 11.0 Å². The molecule has 0 rings (SSSR count). The van der Waals surface area contributed by atoms with Gasteiger partial charge in [-0.3, -0.25) is 4.52 Å². The predicted octanol–water partition coefficient (Wildman–Crippen LogP) is 1.15. The van der Waals surface area contributed by atoms with Crippen molar-refractivity contribution < 1.29 is 23.4 Å². The molecular formula is C11H30N2O4P+. The molecule has 0 heterocycles. The summed E-state index contributed by atoms with van der Waals surface area (Å²) in [4.78, 5) is 18.8. The fourth-order valence-corrected chi connectivity index (χ4v) is 1.23. The summed E-state index contributed by atoms with van der Waals surface area (Å²) >= 11 is 0. The van der Waals surface area contributed by atoms with Gasteiger partial charge in [-0.25, -0.2) is 4.57 Å². The second-order valence-electron chi connectivity index (χ2n) is 5.49. The van der Waals surface area contributed by atoms with Gasteiger partial charge in [0.2, 0.25) is 0 Å². The molecule has 0 bridgehead atoms. The normalized spacial score (nSPS) is 12.3. The predicted molar refractivity (Wildman–Crippen MR) is 74.4 cm³/mol. The van der Waals surface area contributed by atoms with Gasteiger partial charge in [-0.2, -0.15) is 0 Å². The van der Waals surface area contributed by atoms with Gasteiger partial charge in [0.05, 0.1) is 21.1 Å². The van der Waals surface area contributed by atoms with Crippen LogP contribution >= 0.6 is 7.82 Å². The number of rotatable bonds is 7. The average molecular weight is 285 g/mol. The molecule has 0 aromatic rings. The quantitative estimate of drug-likeness (QED) is 0.542. The Bertz CT molecular complexity index is 236. The maximum atomic E-state index is 10.2. The summed E-state index contributed by atoms with van der Waals surface area (Å²) < 4.78 is 15.1. The van der Waals surface area contributed by atoms with Crippen LogP contribution in [0.1, 0.15) is 19.8 Å². The van der Waals surface area contributed by atoms with E-state index in [-0.39, 0.29) is 6.61 Å². The Morgan fingerprint density at radius 2 is 1.72 bits per heavy atom. The van der Waals surface area contributed by atoms with Gasteiger partial charge in [0.15, 0.2) is 0 Å². The van der Waals surface area contributed by atoms with Crippen LogP contribution < -0.4 is 0 Å². The zero-order valence-corrected chi connectivity index (χ0v) is 13.5. The van der Waals surface area contributed by atoms with Crippen LogP contribution in [0.4, 0.5) is 0 Å². The Hall–Kier alpha value is 0.0300. The molecule has 112 valence electrons. The number of phosphoric ester groups is 1. The van der Waals surface area contributed by atoms with E-state index in [1.165, 1.54) is 19.4 Å². The molecule has 0 aromatic heterocycles. The van der Waals surface area contributed by atoms with Crippen molar-refractivity contribution >= 4 is 7.82 Å². The van der Waals surface area contributed by atoms with E-state index in [0.717, 1.165) is 0 Å². The number of quaternary nitrogens is 1. The summed E-state index contributed by atoms with van der Waals surface area (Å²) in [5, 5.41) is 0. The highest BCUT2D eigenvalue weighted by Crippen LogP contribution is 2.35. The Morgan fingerprint density at radius 1 is 1.22 bits per heavy atom. The van der Waals surface area contributed by atoms with Crippen LogP contribution in [0.25, 0.3) is 0 Å². The Morgan fingerprint density at radius 3 is 1.94 bits per heavy atom. The molecule has 0 atom stereocenters. The van der Waals surface area contributed by atoms with E-state index in [1.54, 1.807) is 0 Å². The highest BCUT2D eigenvalue weighted by Gasteiger charge is 2.15. The third-order valence-electron chi connectivity index (χ3n) is 1.98. The van der Waals surface area contributed by atoms with Gasteiger partial charge < -0.3 is 19.2 Å². The van der Waals surface area contributed by atoms with Crippen molar-refractivity contribution in [1.29, 1.82) is 0 Å². The van der Waals surface area contributed by atoms with Crippen molar-refractivity contribution in [1.82, 2.24) is 4.90 Å². The molecule has 0 saturated carbocycles. The molecule has 18 heavy (non-hydrogen) atoms. The van der Waals surface area contributed by atoms with Gasteiger partial charge in [-0.05, 0) is 27.1 Å². The first-order valence-electron chi connectivity index (χ1n) is 6.13. The third kappa shape index (κ3) is 25.0. The molecule has 2 N–H and O–H groups in total. The van der Waals surface area contributed by atoms with Crippen molar-refractivity contribution in [3.05, 3.63) is 0 Å². The van der Waals surface area contributed by atoms with E-state index in [4.69, 9.17) is 9.79 Å². The number of hydrogen-bond donors (Lipinski definition) is 2. The Kier molecular flexibility index (Phi) is 11.2. The molecule has 0 amide bonds. The number of likely N-dealkylation sites (N-methyl/N-ethyl adjacent to an activating group) is 1. The van der Waals surface area contributed by atoms with Crippen LogP contribution in [0.15, 0.2) is 0 Å². The van der Waals surface area contributed by atoms with Gasteiger partial charge in [-0.1, -0.05) is 13.3 Å². The Balaban J connectivity index is 0. The van der Waals surface area contributed by atoms with Crippen molar-refractivity contribution in [2.45, 2.75) is 19.8 Å². The SMILES string of the molecule is CCCCN(C)C.C[N+](C)(C)CCOP(=O)(O)O. The third-order valence-corrected chi connectivity index (χ3v) is 2.50. The molecule has 0 unspecified atom stereocenters. The number of hydrogen-bond acceptors (Lipinski definition) is 3. The molecule has 6 nitrogen and oxygen atoms in total. The van der Waals surface area contributed by atoms with Crippen molar-refractivity contribution in [2.75, 3.05) is 54.9 Å². The molecule has 0 aliphatic carbocycles. The van der Waals surface area contributed by atoms with Crippen LogP contribution in [0.3, 0.4) is 0 Å². The molecule has 0 spiro atoms. The largest absolute Gasteiger partial charge is 0.469 e. The molecule has 0 radical (unpaired) electrons. The van der Waals surface area contributed by atoms with Crippen LogP contribution in [0.2, 0.25) is 0 Å². The van der Waals surface area contributed by atoms with Crippen LogP contribution in [0.5, 0.6) is 0 Å². The van der Waals surface area contributed by atoms with Crippen LogP contribution in [-0.2, 0) is 9.09 Å². The number of phosphoric acid groups is 1. The van der Waals surface area contributed by atoms with Crippen molar-refractivity contribution in [3.63, 3.8) is 0 Å². The van der Waals surface area contributed by atoms with E-state index >= 15 is 0 Å². The van der Waals surface area contributed by atoms with E-state index in [1.807, 2.05) is 21.1 Å². The highest BCUT2D eigenvalue weighted by molar-refractivity contribution is 7.46. The first-order chi connectivity index (χ1) is 7.98. The number of nitrogens with zero attached hydrogens (tertiary/aromatic N) is 2. The fraction of sp³-hybridized carbons (Fsp3) is 1.00. The minimum Gasteiger partial charge on any atom is -0.329 e. The monoisotopic (exact) mass is 285 g/mol. The summed E-state index contributed by atoms with van der Waals surface area (Å²) in [5.41, 5.74) is 0. The average Bonchev–Trinajstić information content (AvgIpc) is 2.11. The second kappa shape index (κ2) is 9.89. The second-order valence-corrected chi connectivity index (χ2v) is 6.73. The lowest BCUT2D eigenvalue weighted by atomic mass is 10.3. The lowest BCUT2D eigenvalue weighted by Crippen LogP contribution is -2.37. The first-order valence-corrected chi connectivity index (χ1v) is 7.66. The van der Waals surface area contributed by atoms with Crippen LogP contribution in [-0.4, -0.2) is 74.1 Å². The van der Waals surface area contributed by atoms with Crippen LogP contribution in [0, 0.1) is 0 Å². The molecule has 7 heteroatoms. The first kappa shape index (κ1) is 20.3. The lowest BCUT2D eigenvalue weighted by molar-refractivity contribution is -0.870. The maximum absolute atomic E-state index is 10.2. The molecule has 0 fully saturated rings. The zero-order valence-electron chi connectivity index (χ0n) is 12.6. The highest BCUT2D eigenvalue weighted by atomic mass is 31.2. The van der Waals surface area contributed by atoms with Gasteiger partial charge in [0, 0.05) is 0 Å². The van der Waals surface area contributed by atoms with Gasteiger partial charge in [-0.15, -0.1) is 0 Å². The standard InChI is InChI=1S/C6H15N.C5H14NO4P/c1-4-5-6-7(2)3;1-6(2,3)4-5-10-11(7,8)9/h4-6H2,1-3H3;4-5H2,1-3H3,(H-,7,8,9)/p+1. The zero-order chi connectivity index (χ0) is 14.8. The lowest BCUT2D eigenvalue weighted by Gasteiger charge is -2.23. The van der Waals surface area contributed by atoms with E-state index in [2.05, 4.69) is 30.4 Å². The van der Waals surface area contributed by atoms with Gasteiger partial charge in [0.1, 0.15) is 13.2 Å². The van der Waals surface area contributed by atoms with Crippen molar-refractivity contribution in [2.24, 2.45) is 0 Å². The maximum Gasteiger partial charge on any atom is 0.469 e. The smallest absolute Gasteiger partial charge is 0.329 e. The molecular weight excluding hydrogens is 255 g/mol. The molecule has 0 aromatic carbocycles. The summed E-state index contributed by atoms with van der Waals surface area (Å²) in [7, 11) is 5.71. The van der Waals surface area contributed by atoms with Gasteiger partial charge >= 0.3 is 7.82 Å². The van der Waals surface area contributed by atoms with Gasteiger partial charge in [0.25, 0.3) is 0 Å². The topological polar surface area (TPSA) is 70.0 Å². The summed E-state index contributed by atoms with van der Waals surface area (Å²) in [6.45, 7) is 4.10. The summed E-state index contributed by atoms with van der Waals surface area (Å²) in [6, 6.07) is 0. The molecule has 0 aliphatic rings. The fourth-order valence-electron chi connectivity index (χ4n) is 0.908. The minimum atomic E-state index is -4.26. The van der Waals surface area contributed by atoms with Crippen molar-refractivity contribution in [3.8, 4) is 0 Å². The Labute approximate surface area is 111 Å². The van der Waals surface area contributed by atoms with E-state index < -0.39 is 7.82 Å². The summed E-state index contributed by atoms with van der Waals surface area (Å²) in [5.74, 6) is 0. The minimum absolute atomic E-state index is 0.0772. The number of unbranched alkanes of at least 4 members (excludes halogenated alkanes) is 1. The molecule has 0 saturated heterocycles.